The Balaban J connectivity index is 1.65. The number of hydrogen-bond donors (Lipinski definition) is 2. The molecule has 0 bridgehead atoms. The first kappa shape index (κ1) is 12.6. The van der Waals surface area contributed by atoms with Crippen LogP contribution in [0, 0.1) is 11.3 Å². The number of nitrogens with zero attached hydrogens (tertiary/aromatic N) is 1. The number of carbonyl (C=O) groups excluding carboxylic acids is 1. The van der Waals surface area contributed by atoms with Gasteiger partial charge in [0.05, 0.1) is 11.6 Å². The van der Waals surface area contributed by atoms with Crippen LogP contribution < -0.4 is 10.6 Å². The molecule has 0 spiro atoms. The van der Waals surface area contributed by atoms with Gasteiger partial charge in [-0.15, -0.1) is 0 Å². The molecule has 0 radical (unpaired) electrons. The fraction of sp³-hybridized carbons (Fsp3) is 0.429. The van der Waals surface area contributed by atoms with Gasteiger partial charge in [0.15, 0.2) is 0 Å². The van der Waals surface area contributed by atoms with E-state index in [1.807, 2.05) is 18.2 Å². The number of amides is 1. The van der Waals surface area contributed by atoms with E-state index in [9.17, 15) is 4.79 Å². The van der Waals surface area contributed by atoms with Crippen LogP contribution in [0.15, 0.2) is 24.3 Å². The highest BCUT2D eigenvalue weighted by Crippen LogP contribution is 2.18. The molecule has 2 N–H and O–H groups in total. The zero-order valence-electron chi connectivity index (χ0n) is 10.3. The van der Waals surface area contributed by atoms with Crippen LogP contribution in [-0.2, 0) is 11.3 Å². The van der Waals surface area contributed by atoms with Gasteiger partial charge in [-0.05, 0) is 30.5 Å². The number of nitriles is 1. The lowest BCUT2D eigenvalue weighted by molar-refractivity contribution is -0.121. The monoisotopic (exact) mass is 243 g/mol. The van der Waals surface area contributed by atoms with Crippen molar-refractivity contribution in [3.8, 4) is 6.07 Å². The summed E-state index contributed by atoms with van der Waals surface area (Å²) in [5.41, 5.74) is 1.73. The quantitative estimate of drug-likeness (QED) is 0.740. The average Bonchev–Trinajstić information content (AvgIpc) is 3.19. The summed E-state index contributed by atoms with van der Waals surface area (Å²) in [5, 5.41) is 14.9. The highest BCUT2D eigenvalue weighted by molar-refractivity contribution is 5.76. The third-order valence-corrected chi connectivity index (χ3v) is 2.86. The van der Waals surface area contributed by atoms with E-state index >= 15 is 0 Å². The summed E-state index contributed by atoms with van der Waals surface area (Å²) in [4.78, 5) is 11.4. The second kappa shape index (κ2) is 6.18. The molecule has 0 heterocycles. The van der Waals surface area contributed by atoms with E-state index in [2.05, 4.69) is 16.7 Å². The van der Waals surface area contributed by atoms with Crippen LogP contribution in [0.1, 0.15) is 30.4 Å². The number of benzene rings is 1. The van der Waals surface area contributed by atoms with Gasteiger partial charge >= 0.3 is 0 Å². The van der Waals surface area contributed by atoms with Gasteiger partial charge in [-0.2, -0.15) is 5.26 Å². The van der Waals surface area contributed by atoms with Crippen molar-refractivity contribution in [3.05, 3.63) is 35.4 Å². The van der Waals surface area contributed by atoms with Crippen LogP contribution in [0.25, 0.3) is 0 Å². The van der Waals surface area contributed by atoms with Crippen LogP contribution in [0.5, 0.6) is 0 Å². The summed E-state index contributed by atoms with van der Waals surface area (Å²) in [5.74, 6) is 0.121. The van der Waals surface area contributed by atoms with E-state index in [0.29, 0.717) is 31.1 Å². The van der Waals surface area contributed by atoms with Crippen LogP contribution in [0.4, 0.5) is 0 Å². The molecular weight excluding hydrogens is 226 g/mol. The predicted molar refractivity (Wildman–Crippen MR) is 68.6 cm³/mol. The Morgan fingerprint density at radius 2 is 2.28 bits per heavy atom. The van der Waals surface area contributed by atoms with E-state index < -0.39 is 0 Å². The third-order valence-electron chi connectivity index (χ3n) is 2.86. The van der Waals surface area contributed by atoms with Gasteiger partial charge in [-0.1, -0.05) is 12.1 Å². The first-order chi connectivity index (χ1) is 8.78. The molecule has 94 valence electrons. The fourth-order valence-electron chi connectivity index (χ4n) is 1.71. The SMILES string of the molecule is N#Cc1cccc(CNCCC(=O)NC2CC2)c1. The van der Waals surface area contributed by atoms with Crippen molar-refractivity contribution in [2.45, 2.75) is 31.8 Å². The standard InChI is InChI=1S/C14H17N3O/c15-9-11-2-1-3-12(8-11)10-16-7-6-14(18)17-13-4-5-13/h1-3,8,13,16H,4-7,10H2,(H,17,18). The van der Waals surface area contributed by atoms with Gasteiger partial charge in [0, 0.05) is 25.6 Å². The minimum Gasteiger partial charge on any atom is -0.353 e. The summed E-state index contributed by atoms with van der Waals surface area (Å²) in [7, 11) is 0. The number of nitrogens with one attached hydrogen (secondary N) is 2. The Hall–Kier alpha value is -1.86. The van der Waals surface area contributed by atoms with E-state index in [1.54, 1.807) is 6.07 Å². The van der Waals surface area contributed by atoms with E-state index in [4.69, 9.17) is 5.26 Å². The van der Waals surface area contributed by atoms with Crippen molar-refractivity contribution in [1.82, 2.24) is 10.6 Å². The summed E-state index contributed by atoms with van der Waals surface area (Å²) in [6, 6.07) is 10.0. The molecule has 0 aliphatic heterocycles. The first-order valence-corrected chi connectivity index (χ1v) is 6.27. The molecule has 0 unspecified atom stereocenters. The van der Waals surface area contributed by atoms with Crippen molar-refractivity contribution in [2.75, 3.05) is 6.54 Å². The molecule has 2 rings (SSSR count). The Morgan fingerprint density at radius 3 is 3.00 bits per heavy atom. The van der Waals surface area contributed by atoms with Crippen molar-refractivity contribution in [1.29, 1.82) is 5.26 Å². The summed E-state index contributed by atoms with van der Waals surface area (Å²) in [6.45, 7) is 1.35. The van der Waals surface area contributed by atoms with Gasteiger partial charge in [-0.25, -0.2) is 0 Å². The van der Waals surface area contributed by atoms with Crippen LogP contribution in [0.2, 0.25) is 0 Å². The summed E-state index contributed by atoms with van der Waals surface area (Å²) >= 11 is 0. The molecule has 1 aromatic rings. The Kier molecular flexibility index (Phi) is 4.32. The molecule has 1 aliphatic carbocycles. The molecule has 0 atom stereocenters. The zero-order chi connectivity index (χ0) is 12.8. The van der Waals surface area contributed by atoms with Crippen molar-refractivity contribution >= 4 is 5.91 Å². The fourth-order valence-corrected chi connectivity index (χ4v) is 1.71. The van der Waals surface area contributed by atoms with Crippen molar-refractivity contribution in [2.24, 2.45) is 0 Å². The highest BCUT2D eigenvalue weighted by atomic mass is 16.1. The maximum absolute atomic E-state index is 11.4. The Bertz CT molecular complexity index is 460. The largest absolute Gasteiger partial charge is 0.353 e. The zero-order valence-corrected chi connectivity index (χ0v) is 10.3. The molecule has 4 heteroatoms. The second-order valence-electron chi connectivity index (χ2n) is 4.58. The molecule has 0 aromatic heterocycles. The third kappa shape index (κ3) is 4.19. The minimum absolute atomic E-state index is 0.121. The molecule has 18 heavy (non-hydrogen) atoms. The average molecular weight is 243 g/mol. The van der Waals surface area contributed by atoms with Gasteiger partial charge in [-0.3, -0.25) is 4.79 Å². The molecule has 0 saturated heterocycles. The number of rotatable bonds is 6. The highest BCUT2D eigenvalue weighted by Gasteiger charge is 2.22. The number of hydrogen-bond acceptors (Lipinski definition) is 3. The topological polar surface area (TPSA) is 64.9 Å². The van der Waals surface area contributed by atoms with Crippen LogP contribution in [-0.4, -0.2) is 18.5 Å². The van der Waals surface area contributed by atoms with Crippen LogP contribution in [0.3, 0.4) is 0 Å². The molecule has 4 nitrogen and oxygen atoms in total. The minimum atomic E-state index is 0.121. The lowest BCUT2D eigenvalue weighted by Crippen LogP contribution is -2.28. The van der Waals surface area contributed by atoms with E-state index in [-0.39, 0.29) is 5.91 Å². The lowest BCUT2D eigenvalue weighted by atomic mass is 10.1. The second-order valence-corrected chi connectivity index (χ2v) is 4.58. The first-order valence-electron chi connectivity index (χ1n) is 6.27. The molecule has 1 aromatic carbocycles. The molecular formula is C14H17N3O. The normalized spacial score (nSPS) is 13.9. The molecule has 1 aliphatic rings. The lowest BCUT2D eigenvalue weighted by Gasteiger charge is -2.06. The van der Waals surface area contributed by atoms with E-state index in [0.717, 1.165) is 18.4 Å². The summed E-state index contributed by atoms with van der Waals surface area (Å²) < 4.78 is 0. The van der Waals surface area contributed by atoms with Crippen molar-refractivity contribution < 1.29 is 4.79 Å². The maximum Gasteiger partial charge on any atom is 0.221 e. The van der Waals surface area contributed by atoms with Gasteiger partial charge in [0.2, 0.25) is 5.91 Å². The maximum atomic E-state index is 11.4. The predicted octanol–water partition coefficient (Wildman–Crippen LogP) is 1.32. The summed E-state index contributed by atoms with van der Waals surface area (Å²) in [6.07, 6.45) is 2.76. The number of carbonyl (C=O) groups is 1. The molecule has 1 fully saturated rings. The van der Waals surface area contributed by atoms with Crippen molar-refractivity contribution in [3.63, 3.8) is 0 Å². The van der Waals surface area contributed by atoms with E-state index in [1.165, 1.54) is 0 Å². The van der Waals surface area contributed by atoms with Crippen LogP contribution >= 0.6 is 0 Å². The Labute approximate surface area is 107 Å². The van der Waals surface area contributed by atoms with Gasteiger partial charge in [0.1, 0.15) is 0 Å². The molecule has 1 saturated carbocycles. The van der Waals surface area contributed by atoms with Gasteiger partial charge in [0.25, 0.3) is 0 Å². The van der Waals surface area contributed by atoms with Gasteiger partial charge < -0.3 is 10.6 Å². The smallest absolute Gasteiger partial charge is 0.221 e. The Morgan fingerprint density at radius 1 is 1.44 bits per heavy atom. The molecule has 1 amide bonds.